The Bertz CT molecular complexity index is 580. The smallest absolute Gasteiger partial charge is 0.222 e. The molecule has 28 heavy (non-hydrogen) atoms. The first-order valence-electron chi connectivity index (χ1n) is 10.0. The lowest BCUT2D eigenvalue weighted by Crippen LogP contribution is -2.50. The Labute approximate surface area is 181 Å². The number of rotatable bonds is 6. The van der Waals surface area contributed by atoms with Crippen LogP contribution in [0.3, 0.4) is 0 Å². The van der Waals surface area contributed by atoms with Crippen LogP contribution >= 0.6 is 24.8 Å². The molecule has 1 aromatic carbocycles. The molecule has 2 N–H and O–H groups in total. The molecule has 1 aromatic rings. The Morgan fingerprint density at radius 1 is 1.18 bits per heavy atom. The van der Waals surface area contributed by atoms with Crippen molar-refractivity contribution in [1.82, 2.24) is 9.80 Å². The number of hydrogen-bond donors (Lipinski definition) is 1. The standard InChI is InChI=1S/C21H33N3O2.2ClH/c1-16-13-23(14-17(2)26-16)15-19-9-6-12-24(19)21(25)11-10-20(22)18-7-4-3-5-8-18;;/h3-5,7-8,16-17,19-20H,6,9-15,22H2,1-2H3;2*1H. The second-order valence-corrected chi connectivity index (χ2v) is 7.91. The normalized spacial score (nSPS) is 26.2. The molecule has 2 saturated heterocycles. The molecule has 4 atom stereocenters. The molecule has 1 amide bonds. The molecule has 0 spiro atoms. The van der Waals surface area contributed by atoms with Crippen molar-refractivity contribution in [3.05, 3.63) is 35.9 Å². The molecular formula is C21H35Cl2N3O2. The molecule has 2 aliphatic heterocycles. The van der Waals surface area contributed by atoms with Crippen molar-refractivity contribution in [2.45, 2.75) is 63.8 Å². The number of morpholine rings is 1. The lowest BCUT2D eigenvalue weighted by atomic mass is 10.0. The SMILES string of the molecule is CC1CN(CC2CCCN2C(=O)CCC(N)c2ccccc2)CC(C)O1.Cl.Cl. The van der Waals surface area contributed by atoms with Gasteiger partial charge in [0, 0.05) is 44.7 Å². The van der Waals surface area contributed by atoms with Crippen LogP contribution in [0.25, 0.3) is 0 Å². The zero-order valence-corrected chi connectivity index (χ0v) is 18.6. The van der Waals surface area contributed by atoms with E-state index in [0.29, 0.717) is 18.9 Å². The van der Waals surface area contributed by atoms with E-state index >= 15 is 0 Å². The number of likely N-dealkylation sites (tertiary alicyclic amines) is 1. The van der Waals surface area contributed by atoms with Gasteiger partial charge in [-0.15, -0.1) is 24.8 Å². The van der Waals surface area contributed by atoms with Gasteiger partial charge in [-0.25, -0.2) is 0 Å². The van der Waals surface area contributed by atoms with Crippen LogP contribution in [0.4, 0.5) is 0 Å². The number of amides is 1. The zero-order chi connectivity index (χ0) is 18.5. The van der Waals surface area contributed by atoms with Crippen LogP contribution in [0.15, 0.2) is 30.3 Å². The molecule has 0 bridgehead atoms. The highest BCUT2D eigenvalue weighted by Crippen LogP contribution is 2.23. The minimum atomic E-state index is -0.0675. The van der Waals surface area contributed by atoms with Gasteiger partial charge in [0.25, 0.3) is 0 Å². The van der Waals surface area contributed by atoms with Crippen molar-refractivity contribution in [2.75, 3.05) is 26.2 Å². The maximum atomic E-state index is 12.8. The minimum absolute atomic E-state index is 0. The lowest BCUT2D eigenvalue weighted by Gasteiger charge is -2.38. The molecule has 0 aromatic heterocycles. The van der Waals surface area contributed by atoms with Gasteiger partial charge in [-0.2, -0.15) is 0 Å². The Hall–Kier alpha value is -0.850. The largest absolute Gasteiger partial charge is 0.373 e. The van der Waals surface area contributed by atoms with Crippen LogP contribution in [-0.2, 0) is 9.53 Å². The third-order valence-electron chi connectivity index (χ3n) is 5.56. The minimum Gasteiger partial charge on any atom is -0.373 e. The van der Waals surface area contributed by atoms with Crippen molar-refractivity contribution >= 4 is 30.7 Å². The monoisotopic (exact) mass is 431 g/mol. The molecule has 7 heteroatoms. The van der Waals surface area contributed by atoms with Crippen molar-refractivity contribution < 1.29 is 9.53 Å². The van der Waals surface area contributed by atoms with Crippen molar-refractivity contribution in [3.63, 3.8) is 0 Å². The average Bonchev–Trinajstić information content (AvgIpc) is 3.07. The molecular weight excluding hydrogens is 397 g/mol. The van der Waals surface area contributed by atoms with Crippen LogP contribution < -0.4 is 5.73 Å². The molecule has 2 fully saturated rings. The summed E-state index contributed by atoms with van der Waals surface area (Å²) >= 11 is 0. The van der Waals surface area contributed by atoms with Crippen molar-refractivity contribution in [3.8, 4) is 0 Å². The van der Waals surface area contributed by atoms with E-state index in [9.17, 15) is 4.79 Å². The maximum absolute atomic E-state index is 12.8. The van der Waals surface area contributed by atoms with Crippen molar-refractivity contribution in [1.29, 1.82) is 0 Å². The van der Waals surface area contributed by atoms with Gasteiger partial charge in [0.15, 0.2) is 0 Å². The first kappa shape index (κ1) is 25.2. The number of benzene rings is 1. The zero-order valence-electron chi connectivity index (χ0n) is 17.0. The summed E-state index contributed by atoms with van der Waals surface area (Å²) in [5.74, 6) is 0.258. The second-order valence-electron chi connectivity index (χ2n) is 7.91. The third-order valence-corrected chi connectivity index (χ3v) is 5.56. The van der Waals surface area contributed by atoms with E-state index in [2.05, 4.69) is 23.6 Å². The fraction of sp³-hybridized carbons (Fsp3) is 0.667. The lowest BCUT2D eigenvalue weighted by molar-refractivity contribution is -0.133. The summed E-state index contributed by atoms with van der Waals surface area (Å²) in [5.41, 5.74) is 7.37. The van der Waals surface area contributed by atoms with E-state index in [0.717, 1.165) is 44.6 Å². The molecule has 0 saturated carbocycles. The van der Waals surface area contributed by atoms with E-state index < -0.39 is 0 Å². The molecule has 0 radical (unpaired) electrons. The number of halogens is 2. The molecule has 2 aliphatic rings. The topological polar surface area (TPSA) is 58.8 Å². The van der Waals surface area contributed by atoms with E-state index in [4.69, 9.17) is 10.5 Å². The molecule has 4 unspecified atom stereocenters. The Morgan fingerprint density at radius 2 is 1.82 bits per heavy atom. The quantitative estimate of drug-likeness (QED) is 0.749. The van der Waals surface area contributed by atoms with Gasteiger partial charge in [0.2, 0.25) is 5.91 Å². The van der Waals surface area contributed by atoms with Gasteiger partial charge in [0.1, 0.15) is 0 Å². The highest BCUT2D eigenvalue weighted by molar-refractivity contribution is 5.85. The fourth-order valence-electron chi connectivity index (χ4n) is 4.37. The van der Waals surface area contributed by atoms with Gasteiger partial charge >= 0.3 is 0 Å². The predicted octanol–water partition coefficient (Wildman–Crippen LogP) is 3.41. The summed E-state index contributed by atoms with van der Waals surface area (Å²) in [6, 6.07) is 10.3. The molecule has 2 heterocycles. The van der Waals surface area contributed by atoms with Crippen LogP contribution in [-0.4, -0.2) is 60.1 Å². The van der Waals surface area contributed by atoms with Gasteiger partial charge in [0.05, 0.1) is 12.2 Å². The van der Waals surface area contributed by atoms with E-state index in [1.165, 1.54) is 0 Å². The van der Waals surface area contributed by atoms with E-state index in [-0.39, 0.29) is 49.0 Å². The van der Waals surface area contributed by atoms with Gasteiger partial charge in [-0.1, -0.05) is 30.3 Å². The van der Waals surface area contributed by atoms with E-state index in [1.807, 2.05) is 30.3 Å². The molecule has 5 nitrogen and oxygen atoms in total. The van der Waals surface area contributed by atoms with Gasteiger partial charge < -0.3 is 15.4 Å². The average molecular weight is 432 g/mol. The molecule has 0 aliphatic carbocycles. The molecule has 160 valence electrons. The Kier molecular flexibility index (Phi) is 10.8. The van der Waals surface area contributed by atoms with Crippen LogP contribution in [0.2, 0.25) is 0 Å². The number of hydrogen-bond acceptors (Lipinski definition) is 4. The highest BCUT2D eigenvalue weighted by atomic mass is 35.5. The van der Waals surface area contributed by atoms with Gasteiger partial charge in [-0.05, 0) is 38.7 Å². The summed E-state index contributed by atoms with van der Waals surface area (Å²) in [6.07, 6.45) is 3.99. The number of nitrogens with zero attached hydrogens (tertiary/aromatic N) is 2. The first-order valence-corrected chi connectivity index (χ1v) is 10.0. The van der Waals surface area contributed by atoms with Gasteiger partial charge in [-0.3, -0.25) is 9.69 Å². The third kappa shape index (κ3) is 6.89. The summed E-state index contributed by atoms with van der Waals surface area (Å²) in [4.78, 5) is 17.4. The summed E-state index contributed by atoms with van der Waals surface area (Å²) in [5, 5.41) is 0. The Balaban J connectivity index is 0.00000196. The maximum Gasteiger partial charge on any atom is 0.222 e. The molecule has 3 rings (SSSR count). The summed E-state index contributed by atoms with van der Waals surface area (Å²) in [7, 11) is 0. The number of carbonyl (C=O) groups is 1. The fourth-order valence-corrected chi connectivity index (χ4v) is 4.37. The highest BCUT2D eigenvalue weighted by Gasteiger charge is 2.32. The number of ether oxygens (including phenoxy) is 1. The Morgan fingerprint density at radius 3 is 2.46 bits per heavy atom. The van der Waals surface area contributed by atoms with Crippen LogP contribution in [0, 0.1) is 0 Å². The number of carbonyl (C=O) groups excluding carboxylic acids is 1. The van der Waals surface area contributed by atoms with E-state index in [1.54, 1.807) is 0 Å². The summed E-state index contributed by atoms with van der Waals surface area (Å²) in [6.45, 7) is 8.04. The van der Waals surface area contributed by atoms with Crippen LogP contribution in [0.5, 0.6) is 0 Å². The summed E-state index contributed by atoms with van der Waals surface area (Å²) < 4.78 is 5.83. The van der Waals surface area contributed by atoms with Crippen molar-refractivity contribution in [2.24, 2.45) is 5.73 Å². The number of nitrogens with two attached hydrogens (primary N) is 1. The first-order chi connectivity index (χ1) is 12.5. The second kappa shape index (κ2) is 12.0. The predicted molar refractivity (Wildman–Crippen MR) is 118 cm³/mol. The van der Waals surface area contributed by atoms with Crippen LogP contribution in [0.1, 0.15) is 51.1 Å².